The quantitative estimate of drug-likeness (QED) is 0.795. The highest BCUT2D eigenvalue weighted by Gasteiger charge is 2.13. The molecular formula is C15H19N2O2S+. The van der Waals surface area contributed by atoms with E-state index in [0.29, 0.717) is 0 Å². The third-order valence-electron chi connectivity index (χ3n) is 2.91. The fraction of sp³-hybridized carbons (Fsp3) is 0.333. The molecule has 0 unspecified atom stereocenters. The third kappa shape index (κ3) is 2.99. The van der Waals surface area contributed by atoms with E-state index in [1.807, 2.05) is 35.9 Å². The Kier molecular flexibility index (Phi) is 4.74. The van der Waals surface area contributed by atoms with Crippen LogP contribution in [0.2, 0.25) is 0 Å². The van der Waals surface area contributed by atoms with Crippen molar-refractivity contribution < 1.29 is 14.2 Å². The van der Waals surface area contributed by atoms with Crippen molar-refractivity contribution in [1.29, 1.82) is 0 Å². The van der Waals surface area contributed by atoms with Crippen molar-refractivity contribution in [2.75, 3.05) is 14.2 Å². The molecule has 1 aromatic heterocycles. The summed E-state index contributed by atoms with van der Waals surface area (Å²) in [6, 6.07) is 5.84. The van der Waals surface area contributed by atoms with Crippen LogP contribution in [0.3, 0.4) is 0 Å². The summed E-state index contributed by atoms with van der Waals surface area (Å²) in [6.07, 6.45) is 4.09. The zero-order valence-electron chi connectivity index (χ0n) is 12.2. The summed E-state index contributed by atoms with van der Waals surface area (Å²) in [5, 5.41) is 6.63. The molecule has 0 radical (unpaired) electrons. The lowest BCUT2D eigenvalue weighted by Gasteiger charge is -2.09. The molecule has 4 nitrogen and oxygen atoms in total. The number of nitrogens with zero attached hydrogens (tertiary/aromatic N) is 2. The Morgan fingerprint density at radius 3 is 2.70 bits per heavy atom. The first-order valence-electron chi connectivity index (χ1n) is 6.46. The van der Waals surface area contributed by atoms with E-state index in [4.69, 9.17) is 9.47 Å². The van der Waals surface area contributed by atoms with Gasteiger partial charge in [-0.1, -0.05) is 16.8 Å². The molecule has 0 bridgehead atoms. The Balaban J connectivity index is 2.36. The van der Waals surface area contributed by atoms with Crippen LogP contribution < -0.4 is 14.2 Å². The number of methoxy groups -OCH3 is 2. The number of rotatable bonds is 5. The van der Waals surface area contributed by atoms with Crippen molar-refractivity contribution in [3.05, 3.63) is 33.8 Å². The second-order valence-electron chi connectivity index (χ2n) is 4.19. The van der Waals surface area contributed by atoms with Crippen molar-refractivity contribution in [2.45, 2.75) is 20.4 Å². The molecule has 5 heteroatoms. The van der Waals surface area contributed by atoms with E-state index in [0.717, 1.165) is 33.6 Å². The van der Waals surface area contributed by atoms with Gasteiger partial charge in [-0.15, -0.1) is 0 Å². The summed E-state index contributed by atoms with van der Waals surface area (Å²) in [7, 11) is 3.29. The highest BCUT2D eigenvalue weighted by Crippen LogP contribution is 2.31. The van der Waals surface area contributed by atoms with Crippen LogP contribution in [-0.2, 0) is 6.54 Å². The minimum atomic E-state index is 0.735. The van der Waals surface area contributed by atoms with E-state index in [1.165, 1.54) is 0 Å². The lowest BCUT2D eigenvalue weighted by molar-refractivity contribution is -0.747. The Hall–Kier alpha value is -1.88. The first-order chi connectivity index (χ1) is 9.69. The molecular weight excluding hydrogens is 272 g/mol. The van der Waals surface area contributed by atoms with Crippen molar-refractivity contribution in [1.82, 2.24) is 5.10 Å². The Bertz CT molecular complexity index is 620. The van der Waals surface area contributed by atoms with E-state index in [1.54, 1.807) is 25.6 Å². The number of aromatic nitrogens is 2. The maximum atomic E-state index is 5.42. The molecule has 0 aliphatic heterocycles. The molecule has 0 amide bonds. The largest absolute Gasteiger partial charge is 0.493 e. The normalized spacial score (nSPS) is 11.0. The van der Waals surface area contributed by atoms with Gasteiger partial charge in [-0.2, -0.15) is 0 Å². The summed E-state index contributed by atoms with van der Waals surface area (Å²) in [6.45, 7) is 4.96. The number of hydrogen-bond donors (Lipinski definition) is 0. The van der Waals surface area contributed by atoms with Gasteiger partial charge in [-0.05, 0) is 37.3 Å². The Morgan fingerprint density at radius 2 is 2.05 bits per heavy atom. The minimum Gasteiger partial charge on any atom is -0.493 e. The van der Waals surface area contributed by atoms with Gasteiger partial charge in [0.2, 0.25) is 0 Å². The van der Waals surface area contributed by atoms with Gasteiger partial charge >= 0.3 is 0 Å². The Morgan fingerprint density at radius 1 is 1.25 bits per heavy atom. The molecule has 0 spiro atoms. The van der Waals surface area contributed by atoms with Gasteiger partial charge in [0.05, 0.1) is 14.2 Å². The van der Waals surface area contributed by atoms with Gasteiger partial charge in [-0.3, -0.25) is 0 Å². The molecule has 20 heavy (non-hydrogen) atoms. The molecule has 1 aromatic carbocycles. The van der Waals surface area contributed by atoms with Crippen molar-refractivity contribution >= 4 is 23.5 Å². The smallest absolute Gasteiger partial charge is 0.289 e. The second-order valence-corrected chi connectivity index (χ2v) is 5.40. The van der Waals surface area contributed by atoms with Gasteiger partial charge in [0.1, 0.15) is 0 Å². The molecule has 2 aromatic rings. The summed E-state index contributed by atoms with van der Waals surface area (Å²) >= 11 is 1.67. The van der Waals surface area contributed by atoms with Crippen molar-refractivity contribution in [3.8, 4) is 11.5 Å². The van der Waals surface area contributed by atoms with Crippen molar-refractivity contribution in [2.24, 2.45) is 0 Å². The van der Waals surface area contributed by atoms with Gasteiger partial charge < -0.3 is 9.47 Å². The monoisotopic (exact) mass is 291 g/mol. The fourth-order valence-corrected chi connectivity index (χ4v) is 2.85. The Labute approximate surface area is 123 Å². The predicted molar refractivity (Wildman–Crippen MR) is 81.2 cm³/mol. The molecule has 0 aliphatic carbocycles. The molecule has 0 aliphatic rings. The zero-order chi connectivity index (χ0) is 14.5. The lowest BCUT2D eigenvalue weighted by Crippen LogP contribution is -2.36. The summed E-state index contributed by atoms with van der Waals surface area (Å²) in [5.74, 6) is 1.48. The van der Waals surface area contributed by atoms with Gasteiger partial charge in [-0.25, -0.2) is 0 Å². The van der Waals surface area contributed by atoms with E-state index in [-0.39, 0.29) is 0 Å². The minimum absolute atomic E-state index is 0.735. The fourth-order valence-electron chi connectivity index (χ4n) is 1.99. The number of ether oxygens (including phenoxy) is 2. The predicted octanol–water partition coefficient (Wildman–Crippen LogP) is 2.95. The molecule has 0 atom stereocenters. The van der Waals surface area contributed by atoms with Crippen LogP contribution in [0.25, 0.3) is 12.2 Å². The molecule has 1 heterocycles. The summed E-state index contributed by atoms with van der Waals surface area (Å²) < 4.78 is 12.7. The van der Waals surface area contributed by atoms with E-state index < -0.39 is 0 Å². The number of para-hydroxylation sites is 1. The van der Waals surface area contributed by atoms with Crippen LogP contribution in [0.1, 0.15) is 22.5 Å². The maximum Gasteiger partial charge on any atom is 0.289 e. The number of hydrogen-bond acceptors (Lipinski definition) is 4. The highest BCUT2D eigenvalue weighted by atomic mass is 32.1. The molecule has 0 saturated carbocycles. The molecule has 0 N–H and O–H groups in total. The van der Waals surface area contributed by atoms with Gasteiger partial charge in [0.15, 0.2) is 23.1 Å². The number of benzene rings is 1. The van der Waals surface area contributed by atoms with Crippen LogP contribution in [0.5, 0.6) is 11.5 Å². The molecule has 106 valence electrons. The first kappa shape index (κ1) is 14.5. The summed E-state index contributed by atoms with van der Waals surface area (Å²) in [4.78, 5) is 0. The van der Waals surface area contributed by atoms with Crippen LogP contribution in [0.4, 0.5) is 0 Å². The first-order valence-corrected chi connectivity index (χ1v) is 7.27. The van der Waals surface area contributed by atoms with Crippen LogP contribution in [0.15, 0.2) is 18.2 Å². The molecule has 0 saturated heterocycles. The van der Waals surface area contributed by atoms with Crippen LogP contribution in [0, 0.1) is 6.92 Å². The zero-order valence-corrected chi connectivity index (χ0v) is 13.0. The second kappa shape index (κ2) is 6.52. The SMILES string of the molecule is CC[n+]1nc(C)sc1C=Cc1cccc(OC)c1OC. The maximum absolute atomic E-state index is 5.42. The average Bonchev–Trinajstić information content (AvgIpc) is 2.84. The molecule has 0 fully saturated rings. The topological polar surface area (TPSA) is 35.2 Å². The average molecular weight is 291 g/mol. The van der Waals surface area contributed by atoms with Gasteiger partial charge in [0.25, 0.3) is 5.01 Å². The number of aryl methyl sites for hydroxylation is 2. The lowest BCUT2D eigenvalue weighted by atomic mass is 10.1. The van der Waals surface area contributed by atoms with Crippen molar-refractivity contribution in [3.63, 3.8) is 0 Å². The van der Waals surface area contributed by atoms with E-state index in [9.17, 15) is 0 Å². The summed E-state index contributed by atoms with van der Waals surface area (Å²) in [5.41, 5.74) is 0.987. The van der Waals surface area contributed by atoms with E-state index in [2.05, 4.69) is 18.1 Å². The standard InChI is InChI=1S/C15H19N2O2S/c1-5-17-14(20-11(2)16-17)10-9-12-7-6-8-13(18-3)15(12)19-4/h6-10H,5H2,1-4H3/q+1. The van der Waals surface area contributed by atoms with Crippen LogP contribution >= 0.6 is 11.3 Å². The highest BCUT2D eigenvalue weighted by molar-refractivity contribution is 7.11. The third-order valence-corrected chi connectivity index (χ3v) is 3.84. The molecule has 2 rings (SSSR count). The van der Waals surface area contributed by atoms with Gasteiger partial charge in [0, 0.05) is 16.7 Å². The van der Waals surface area contributed by atoms with Crippen LogP contribution in [-0.4, -0.2) is 19.3 Å². The van der Waals surface area contributed by atoms with E-state index >= 15 is 0 Å².